The van der Waals surface area contributed by atoms with Gasteiger partial charge in [0.1, 0.15) is 13.6 Å². The Bertz CT molecular complexity index is 225. The van der Waals surface area contributed by atoms with Crippen LogP contribution in [0.1, 0.15) is 34.6 Å². The second-order valence-electron chi connectivity index (χ2n) is 4.01. The Morgan fingerprint density at radius 2 is 1.67 bits per heavy atom. The van der Waals surface area contributed by atoms with Gasteiger partial charge in [-0.25, -0.2) is 0 Å². The van der Waals surface area contributed by atoms with Gasteiger partial charge < -0.3 is 14.0 Å². The molecule has 0 heterocycles. The molecule has 0 N–H and O–H groups in total. The highest BCUT2D eigenvalue weighted by atomic mass is 31.1. The molecule has 4 nitrogen and oxygen atoms in total. The molecular weight excluding hydrogens is 215 g/mol. The highest BCUT2D eigenvalue weighted by molar-refractivity contribution is 7.46. The molecule has 0 saturated heterocycles. The minimum atomic E-state index is -2.05. The lowest BCUT2D eigenvalue weighted by molar-refractivity contribution is -0.144. The van der Waals surface area contributed by atoms with Crippen LogP contribution in [0.4, 0.5) is 0 Å². The number of esters is 1. The van der Waals surface area contributed by atoms with Gasteiger partial charge in [0, 0.05) is 0 Å². The summed E-state index contributed by atoms with van der Waals surface area (Å²) < 4.78 is 21.9. The van der Waals surface area contributed by atoms with Crippen LogP contribution >= 0.6 is 7.80 Å². The summed E-state index contributed by atoms with van der Waals surface area (Å²) in [6.45, 7) is 9.01. The fourth-order valence-corrected chi connectivity index (χ4v) is 2.15. The van der Waals surface area contributed by atoms with Crippen LogP contribution in [0.2, 0.25) is 0 Å². The first-order chi connectivity index (χ1) is 6.82. The van der Waals surface area contributed by atoms with Gasteiger partial charge in [0.2, 0.25) is 0 Å². The molecule has 0 bridgehead atoms. The quantitative estimate of drug-likeness (QED) is 0.524. The molecule has 5 heteroatoms. The molecule has 0 amide bonds. The van der Waals surface area contributed by atoms with Crippen LogP contribution in [0.5, 0.6) is 0 Å². The van der Waals surface area contributed by atoms with E-state index in [1.165, 1.54) is 0 Å². The molecular formula is C10H21O4P. The summed E-state index contributed by atoms with van der Waals surface area (Å²) in [7, 11) is -2.05. The third kappa shape index (κ3) is 7.57. The molecule has 0 rings (SSSR count). The van der Waals surface area contributed by atoms with Crippen molar-refractivity contribution in [2.75, 3.05) is 6.16 Å². The van der Waals surface area contributed by atoms with E-state index in [0.29, 0.717) is 0 Å². The summed E-state index contributed by atoms with van der Waals surface area (Å²) in [6.07, 6.45) is -0.166. The Morgan fingerprint density at radius 1 is 1.13 bits per heavy atom. The molecule has 0 aromatic heterocycles. The SMILES string of the molecule is CC(C)OC(=O)C[PH](=O)C(C)OC(C)C. The smallest absolute Gasteiger partial charge is 0.313 e. The summed E-state index contributed by atoms with van der Waals surface area (Å²) in [5, 5.41) is 0. The third-order valence-corrected chi connectivity index (χ3v) is 3.30. The minimum absolute atomic E-state index is 0.0232. The molecule has 0 radical (unpaired) electrons. The maximum atomic E-state index is 11.6. The first-order valence-electron chi connectivity index (χ1n) is 5.20. The van der Waals surface area contributed by atoms with E-state index in [4.69, 9.17) is 9.47 Å². The summed E-state index contributed by atoms with van der Waals surface area (Å²) in [5.41, 5.74) is 0. The number of ether oxygens (including phenoxy) is 2. The van der Waals surface area contributed by atoms with Gasteiger partial charge in [-0.2, -0.15) is 0 Å². The molecule has 0 aromatic rings. The van der Waals surface area contributed by atoms with Crippen LogP contribution in [0, 0.1) is 0 Å². The molecule has 0 aliphatic carbocycles. The van der Waals surface area contributed by atoms with Crippen molar-refractivity contribution in [2.45, 2.75) is 52.7 Å². The number of rotatable bonds is 6. The van der Waals surface area contributed by atoms with Gasteiger partial charge in [0.25, 0.3) is 0 Å². The van der Waals surface area contributed by atoms with Gasteiger partial charge in [-0.3, -0.25) is 4.79 Å². The normalized spacial score (nSPS) is 15.4. The Balaban J connectivity index is 3.96. The van der Waals surface area contributed by atoms with Crippen molar-refractivity contribution in [3.63, 3.8) is 0 Å². The van der Waals surface area contributed by atoms with Crippen molar-refractivity contribution in [2.24, 2.45) is 0 Å². The van der Waals surface area contributed by atoms with Crippen LogP contribution in [-0.4, -0.2) is 30.2 Å². The monoisotopic (exact) mass is 236 g/mol. The fourth-order valence-electron chi connectivity index (χ4n) is 1.07. The number of hydrogen-bond donors (Lipinski definition) is 0. The van der Waals surface area contributed by atoms with Crippen molar-refractivity contribution in [1.29, 1.82) is 0 Å². The van der Waals surface area contributed by atoms with Gasteiger partial charge in [-0.1, -0.05) is 0 Å². The predicted molar refractivity (Wildman–Crippen MR) is 60.8 cm³/mol. The molecule has 90 valence electrons. The van der Waals surface area contributed by atoms with E-state index in [-0.39, 0.29) is 24.2 Å². The first kappa shape index (κ1) is 14.7. The molecule has 0 fully saturated rings. The van der Waals surface area contributed by atoms with Gasteiger partial charge in [0.05, 0.1) is 18.4 Å². The molecule has 0 aliphatic rings. The minimum Gasteiger partial charge on any atom is -0.463 e. The van der Waals surface area contributed by atoms with E-state index in [9.17, 15) is 9.36 Å². The van der Waals surface area contributed by atoms with Crippen molar-refractivity contribution in [3.8, 4) is 0 Å². The average Bonchev–Trinajstić information content (AvgIpc) is 2.00. The van der Waals surface area contributed by atoms with Crippen molar-refractivity contribution >= 4 is 13.8 Å². The average molecular weight is 236 g/mol. The Morgan fingerprint density at radius 3 is 2.07 bits per heavy atom. The maximum absolute atomic E-state index is 11.6. The fraction of sp³-hybridized carbons (Fsp3) is 0.900. The summed E-state index contributed by atoms with van der Waals surface area (Å²) in [4.78, 5) is 11.2. The molecule has 0 aromatic carbocycles. The lowest BCUT2D eigenvalue weighted by Crippen LogP contribution is -2.17. The first-order valence-corrected chi connectivity index (χ1v) is 6.89. The Hall–Kier alpha value is -0.340. The second kappa shape index (κ2) is 7.02. The topological polar surface area (TPSA) is 52.6 Å². The summed E-state index contributed by atoms with van der Waals surface area (Å²) >= 11 is 0. The van der Waals surface area contributed by atoms with Crippen LogP contribution in [0.25, 0.3) is 0 Å². The predicted octanol–water partition coefficient (Wildman–Crippen LogP) is 2.27. The largest absolute Gasteiger partial charge is 0.463 e. The zero-order valence-electron chi connectivity index (χ0n) is 10.1. The molecule has 15 heavy (non-hydrogen) atoms. The Labute approximate surface area is 92.1 Å². The number of carbonyl (C=O) groups excluding carboxylic acids is 1. The van der Waals surface area contributed by atoms with Gasteiger partial charge in [-0.15, -0.1) is 0 Å². The van der Waals surface area contributed by atoms with Gasteiger partial charge in [0.15, 0.2) is 0 Å². The standard InChI is InChI=1S/C10H21O4P/c1-7(2)13-9(5)15(12)6-10(11)14-8(3)4/h7-9,15H,6H2,1-5H3. The Kier molecular flexibility index (Phi) is 6.86. The highest BCUT2D eigenvalue weighted by Gasteiger charge is 2.18. The van der Waals surface area contributed by atoms with Crippen LogP contribution in [0.15, 0.2) is 0 Å². The highest BCUT2D eigenvalue weighted by Crippen LogP contribution is 2.29. The summed E-state index contributed by atoms with van der Waals surface area (Å²) in [6, 6.07) is 0. The molecule has 0 saturated carbocycles. The van der Waals surface area contributed by atoms with Gasteiger partial charge in [-0.05, 0) is 34.6 Å². The van der Waals surface area contributed by atoms with Crippen molar-refractivity contribution in [1.82, 2.24) is 0 Å². The zero-order valence-corrected chi connectivity index (χ0v) is 11.1. The van der Waals surface area contributed by atoms with Crippen molar-refractivity contribution < 1.29 is 18.8 Å². The lowest BCUT2D eigenvalue weighted by Gasteiger charge is -2.16. The van der Waals surface area contributed by atoms with Crippen molar-refractivity contribution in [3.05, 3.63) is 0 Å². The molecule has 2 atom stereocenters. The van der Waals surface area contributed by atoms with E-state index in [0.717, 1.165) is 0 Å². The summed E-state index contributed by atoms with van der Waals surface area (Å²) in [5.74, 6) is -0.775. The molecule has 0 aliphatic heterocycles. The van der Waals surface area contributed by atoms with Crippen LogP contribution in [-0.2, 0) is 18.8 Å². The van der Waals surface area contributed by atoms with E-state index in [1.54, 1.807) is 20.8 Å². The molecule has 2 unspecified atom stereocenters. The zero-order chi connectivity index (χ0) is 12.0. The van der Waals surface area contributed by atoms with E-state index in [2.05, 4.69) is 0 Å². The van der Waals surface area contributed by atoms with Crippen LogP contribution in [0.3, 0.4) is 0 Å². The number of hydrogen-bond acceptors (Lipinski definition) is 4. The van der Waals surface area contributed by atoms with E-state index in [1.807, 2.05) is 13.8 Å². The third-order valence-electron chi connectivity index (χ3n) is 1.62. The number of carbonyl (C=O) groups is 1. The van der Waals surface area contributed by atoms with E-state index >= 15 is 0 Å². The maximum Gasteiger partial charge on any atom is 0.313 e. The lowest BCUT2D eigenvalue weighted by atomic mass is 10.5. The van der Waals surface area contributed by atoms with Gasteiger partial charge >= 0.3 is 5.97 Å². The van der Waals surface area contributed by atoms with Crippen LogP contribution < -0.4 is 0 Å². The molecule has 0 spiro atoms. The second-order valence-corrected chi connectivity index (χ2v) is 6.11. The van der Waals surface area contributed by atoms with E-state index < -0.39 is 13.8 Å².